The highest BCUT2D eigenvalue weighted by Crippen LogP contribution is 2.28. The van der Waals surface area contributed by atoms with Crippen molar-refractivity contribution in [2.24, 2.45) is 5.92 Å². The Labute approximate surface area is 102 Å². The maximum Gasteiger partial charge on any atom is 0.0994 e. The van der Waals surface area contributed by atoms with E-state index in [9.17, 15) is 15.3 Å². The Balaban J connectivity index is 1.98. The first-order valence-electron chi connectivity index (χ1n) is 6.52. The molecule has 0 spiro atoms. The average molecular weight is 244 g/mol. The molecule has 2 aliphatic rings. The van der Waals surface area contributed by atoms with Crippen molar-refractivity contribution in [3.8, 4) is 0 Å². The normalized spacial score (nSPS) is 43.1. The zero-order valence-electron chi connectivity index (χ0n) is 10.6. The molecule has 0 aliphatic carbocycles. The van der Waals surface area contributed by atoms with Gasteiger partial charge in [0, 0.05) is 19.1 Å². The first kappa shape index (κ1) is 13.2. The zero-order valence-corrected chi connectivity index (χ0v) is 10.6. The summed E-state index contributed by atoms with van der Waals surface area (Å²) in [4.78, 5) is 2.08. The van der Waals surface area contributed by atoms with Crippen LogP contribution in [-0.4, -0.2) is 70.2 Å². The molecule has 0 aromatic carbocycles. The first-order chi connectivity index (χ1) is 8.00. The number of hydrogen-bond donors (Lipinski definition) is 4. The summed E-state index contributed by atoms with van der Waals surface area (Å²) in [7, 11) is 0. The standard InChI is InChI=1S/C12H24N2O3/c1-7(2)5-13-8-6-14-4-3-9(15)10(14)12(17)11(8)16/h7-13,15-17H,3-6H2,1-2H3. The predicted molar refractivity (Wildman–Crippen MR) is 64.6 cm³/mol. The Morgan fingerprint density at radius 2 is 1.94 bits per heavy atom. The number of hydrogen-bond acceptors (Lipinski definition) is 5. The van der Waals surface area contributed by atoms with Crippen LogP contribution in [0, 0.1) is 5.92 Å². The van der Waals surface area contributed by atoms with Crippen LogP contribution in [-0.2, 0) is 0 Å². The van der Waals surface area contributed by atoms with Crippen molar-refractivity contribution in [1.82, 2.24) is 10.2 Å². The number of nitrogens with one attached hydrogen (secondary N) is 1. The Kier molecular flexibility index (Phi) is 4.05. The number of aliphatic hydroxyl groups excluding tert-OH is 3. The molecule has 5 heteroatoms. The number of rotatable bonds is 3. The van der Waals surface area contributed by atoms with Gasteiger partial charge in [-0.1, -0.05) is 13.8 Å². The summed E-state index contributed by atoms with van der Waals surface area (Å²) in [6, 6.07) is -0.393. The number of aliphatic hydroxyl groups is 3. The fourth-order valence-corrected chi connectivity index (χ4v) is 2.89. The summed E-state index contributed by atoms with van der Waals surface area (Å²) in [6.07, 6.45) is -1.47. The molecule has 2 heterocycles. The second-order valence-electron chi connectivity index (χ2n) is 5.73. The molecule has 5 atom stereocenters. The summed E-state index contributed by atoms with van der Waals surface area (Å²) in [6.45, 7) is 6.56. The van der Waals surface area contributed by atoms with E-state index in [1.165, 1.54) is 0 Å². The van der Waals surface area contributed by atoms with Crippen LogP contribution in [0.4, 0.5) is 0 Å². The van der Waals surface area contributed by atoms with Crippen LogP contribution in [0.1, 0.15) is 20.3 Å². The van der Waals surface area contributed by atoms with Gasteiger partial charge >= 0.3 is 0 Å². The van der Waals surface area contributed by atoms with Gasteiger partial charge in [0.1, 0.15) is 0 Å². The Morgan fingerprint density at radius 3 is 2.59 bits per heavy atom. The lowest BCUT2D eigenvalue weighted by molar-refractivity contribution is -0.102. The fourth-order valence-electron chi connectivity index (χ4n) is 2.89. The van der Waals surface area contributed by atoms with Crippen LogP contribution >= 0.6 is 0 Å². The molecule has 0 amide bonds. The van der Waals surface area contributed by atoms with Crippen molar-refractivity contribution in [2.75, 3.05) is 19.6 Å². The van der Waals surface area contributed by atoms with E-state index in [1.807, 2.05) is 0 Å². The second-order valence-corrected chi connectivity index (χ2v) is 5.73. The molecule has 100 valence electrons. The highest BCUT2D eigenvalue weighted by atomic mass is 16.3. The number of piperidine rings is 1. The molecule has 4 N–H and O–H groups in total. The highest BCUT2D eigenvalue weighted by Gasteiger charge is 2.47. The lowest BCUT2D eigenvalue weighted by Gasteiger charge is -2.43. The molecule has 2 aliphatic heterocycles. The Hall–Kier alpha value is -0.200. The van der Waals surface area contributed by atoms with E-state index in [2.05, 4.69) is 24.1 Å². The maximum atomic E-state index is 10.1. The quantitative estimate of drug-likeness (QED) is 0.500. The van der Waals surface area contributed by atoms with Crippen LogP contribution in [0.25, 0.3) is 0 Å². The van der Waals surface area contributed by atoms with E-state index in [1.54, 1.807) is 0 Å². The predicted octanol–water partition coefficient (Wildman–Crippen LogP) is -1.23. The third-order valence-corrected chi connectivity index (χ3v) is 3.86. The van der Waals surface area contributed by atoms with Crippen LogP contribution in [0.15, 0.2) is 0 Å². The monoisotopic (exact) mass is 244 g/mol. The maximum absolute atomic E-state index is 10.1. The van der Waals surface area contributed by atoms with E-state index < -0.39 is 18.3 Å². The molecule has 2 saturated heterocycles. The van der Waals surface area contributed by atoms with Crippen LogP contribution < -0.4 is 5.32 Å². The van der Waals surface area contributed by atoms with E-state index in [0.717, 1.165) is 13.1 Å². The Bertz CT molecular complexity index is 262. The average Bonchev–Trinajstić information content (AvgIpc) is 2.63. The van der Waals surface area contributed by atoms with E-state index >= 15 is 0 Å². The molecule has 0 aromatic heterocycles. The van der Waals surface area contributed by atoms with Crippen LogP contribution in [0.3, 0.4) is 0 Å². The third-order valence-electron chi connectivity index (χ3n) is 3.86. The van der Waals surface area contributed by atoms with Gasteiger partial charge in [-0.25, -0.2) is 0 Å². The first-order valence-corrected chi connectivity index (χ1v) is 6.52. The zero-order chi connectivity index (χ0) is 12.6. The number of fused-ring (bicyclic) bond motifs is 1. The van der Waals surface area contributed by atoms with Crippen molar-refractivity contribution < 1.29 is 15.3 Å². The number of nitrogens with zero attached hydrogens (tertiary/aromatic N) is 1. The SMILES string of the molecule is CC(C)CNC1CN2CCC(O)C2C(O)C1O. The summed E-state index contributed by atoms with van der Waals surface area (Å²) in [5.74, 6) is 0.515. The Morgan fingerprint density at radius 1 is 1.24 bits per heavy atom. The van der Waals surface area contributed by atoms with E-state index in [0.29, 0.717) is 18.9 Å². The van der Waals surface area contributed by atoms with Gasteiger partial charge in [0.2, 0.25) is 0 Å². The van der Waals surface area contributed by atoms with Gasteiger partial charge in [0.15, 0.2) is 0 Å². The minimum atomic E-state index is -0.856. The van der Waals surface area contributed by atoms with Crippen LogP contribution in [0.2, 0.25) is 0 Å². The molecule has 0 aromatic rings. The molecule has 2 rings (SSSR count). The van der Waals surface area contributed by atoms with Crippen molar-refractivity contribution in [3.05, 3.63) is 0 Å². The lowest BCUT2D eigenvalue weighted by atomic mass is 9.91. The van der Waals surface area contributed by atoms with E-state index in [4.69, 9.17) is 0 Å². The molecule has 2 fully saturated rings. The van der Waals surface area contributed by atoms with Crippen molar-refractivity contribution in [3.63, 3.8) is 0 Å². The van der Waals surface area contributed by atoms with Gasteiger partial charge in [0.05, 0.1) is 24.4 Å². The molecule has 5 nitrogen and oxygen atoms in total. The molecule has 0 bridgehead atoms. The summed E-state index contributed by atoms with van der Waals surface area (Å²) >= 11 is 0. The molecule has 5 unspecified atom stereocenters. The molecule has 0 saturated carbocycles. The van der Waals surface area contributed by atoms with Gasteiger partial charge in [0.25, 0.3) is 0 Å². The van der Waals surface area contributed by atoms with Gasteiger partial charge in [-0.05, 0) is 18.9 Å². The van der Waals surface area contributed by atoms with Crippen molar-refractivity contribution in [1.29, 1.82) is 0 Å². The van der Waals surface area contributed by atoms with Gasteiger partial charge < -0.3 is 20.6 Å². The topological polar surface area (TPSA) is 76.0 Å². The molecule has 0 radical (unpaired) electrons. The van der Waals surface area contributed by atoms with Crippen molar-refractivity contribution >= 4 is 0 Å². The van der Waals surface area contributed by atoms with Crippen LogP contribution in [0.5, 0.6) is 0 Å². The molecule has 17 heavy (non-hydrogen) atoms. The smallest absolute Gasteiger partial charge is 0.0994 e. The third kappa shape index (κ3) is 2.63. The largest absolute Gasteiger partial charge is 0.391 e. The summed E-state index contributed by atoms with van der Waals surface area (Å²) in [5, 5.41) is 33.2. The minimum Gasteiger partial charge on any atom is -0.391 e. The van der Waals surface area contributed by atoms with Gasteiger partial charge in [-0.3, -0.25) is 4.90 Å². The minimum absolute atomic E-state index is 0.103. The highest BCUT2D eigenvalue weighted by molar-refractivity contribution is 5.03. The van der Waals surface area contributed by atoms with Crippen molar-refractivity contribution in [2.45, 2.75) is 50.7 Å². The fraction of sp³-hybridized carbons (Fsp3) is 1.00. The summed E-state index contributed by atoms with van der Waals surface area (Å²) in [5.41, 5.74) is 0. The van der Waals surface area contributed by atoms with Gasteiger partial charge in [-0.2, -0.15) is 0 Å². The summed E-state index contributed by atoms with van der Waals surface area (Å²) < 4.78 is 0. The molecular formula is C12H24N2O3. The second kappa shape index (κ2) is 5.20. The lowest BCUT2D eigenvalue weighted by Crippen LogP contribution is -2.65. The van der Waals surface area contributed by atoms with Gasteiger partial charge in [-0.15, -0.1) is 0 Å². The molecular weight excluding hydrogens is 220 g/mol. The van der Waals surface area contributed by atoms with E-state index in [-0.39, 0.29) is 12.1 Å².